The number of methoxy groups -OCH3 is 1. The smallest absolute Gasteiger partial charge is 0.136 e. The van der Waals surface area contributed by atoms with Gasteiger partial charge in [-0.2, -0.15) is 0 Å². The monoisotopic (exact) mass is 318 g/mol. The first kappa shape index (κ1) is 12.5. The van der Waals surface area contributed by atoms with Gasteiger partial charge in [0.1, 0.15) is 17.6 Å². The lowest BCUT2D eigenvalue weighted by atomic mass is 9.97. The van der Waals surface area contributed by atoms with Gasteiger partial charge in [-0.3, -0.25) is 0 Å². The summed E-state index contributed by atoms with van der Waals surface area (Å²) in [6.07, 6.45) is 1.02. The third-order valence-corrected chi connectivity index (χ3v) is 4.22. The maximum Gasteiger partial charge on any atom is 0.136 e. The van der Waals surface area contributed by atoms with Gasteiger partial charge in [0.2, 0.25) is 0 Å². The highest BCUT2D eigenvalue weighted by Gasteiger charge is 2.29. The van der Waals surface area contributed by atoms with E-state index in [1.54, 1.807) is 7.11 Å². The van der Waals surface area contributed by atoms with E-state index in [4.69, 9.17) is 9.47 Å². The lowest BCUT2D eigenvalue weighted by molar-refractivity contribution is 0.185. The zero-order valence-corrected chi connectivity index (χ0v) is 12.3. The SMILES string of the molecule is COc1ccc([C@H]2Oc3ccccc3C[C@H]2Br)cc1. The first-order valence-electron chi connectivity index (χ1n) is 6.30. The van der Waals surface area contributed by atoms with Gasteiger partial charge in [0, 0.05) is 0 Å². The van der Waals surface area contributed by atoms with Crippen molar-refractivity contribution < 1.29 is 9.47 Å². The molecule has 0 bridgehead atoms. The van der Waals surface area contributed by atoms with Crippen LogP contribution < -0.4 is 9.47 Å². The summed E-state index contributed by atoms with van der Waals surface area (Å²) < 4.78 is 11.3. The summed E-state index contributed by atoms with van der Waals surface area (Å²) in [7, 11) is 1.68. The predicted molar refractivity (Wildman–Crippen MR) is 79.2 cm³/mol. The summed E-state index contributed by atoms with van der Waals surface area (Å²) in [5.74, 6) is 1.85. The van der Waals surface area contributed by atoms with Crippen molar-refractivity contribution in [2.24, 2.45) is 0 Å². The standard InChI is InChI=1S/C16H15BrO2/c1-18-13-8-6-11(7-9-13)16-14(17)10-12-4-2-3-5-15(12)19-16/h2-9,14,16H,10H2,1H3/t14-,16-/m1/s1. The molecule has 0 fully saturated rings. The van der Waals surface area contributed by atoms with Crippen LogP contribution in [0.15, 0.2) is 48.5 Å². The van der Waals surface area contributed by atoms with Gasteiger partial charge in [-0.1, -0.05) is 46.3 Å². The Bertz CT molecular complexity index is 565. The first-order chi connectivity index (χ1) is 9.28. The van der Waals surface area contributed by atoms with Gasteiger partial charge in [-0.25, -0.2) is 0 Å². The van der Waals surface area contributed by atoms with E-state index in [2.05, 4.69) is 40.2 Å². The predicted octanol–water partition coefficient (Wildman–Crippen LogP) is 4.13. The first-order valence-corrected chi connectivity index (χ1v) is 7.22. The molecule has 0 saturated carbocycles. The van der Waals surface area contributed by atoms with Crippen LogP contribution in [0.1, 0.15) is 17.2 Å². The van der Waals surface area contributed by atoms with Crippen molar-refractivity contribution in [3.63, 3.8) is 0 Å². The van der Waals surface area contributed by atoms with Crippen LogP contribution in [0.5, 0.6) is 11.5 Å². The summed E-state index contributed by atoms with van der Waals surface area (Å²) in [5, 5.41) is 0. The lowest BCUT2D eigenvalue weighted by Crippen LogP contribution is -2.25. The minimum atomic E-state index is 0.0424. The molecule has 2 aromatic carbocycles. The van der Waals surface area contributed by atoms with E-state index in [1.807, 2.05) is 24.3 Å². The molecule has 1 aliphatic heterocycles. The highest BCUT2D eigenvalue weighted by molar-refractivity contribution is 9.09. The zero-order valence-electron chi connectivity index (χ0n) is 10.7. The van der Waals surface area contributed by atoms with E-state index in [0.717, 1.165) is 23.5 Å². The van der Waals surface area contributed by atoms with Crippen molar-refractivity contribution in [3.8, 4) is 11.5 Å². The topological polar surface area (TPSA) is 18.5 Å². The van der Waals surface area contributed by atoms with Crippen LogP contribution in [0.25, 0.3) is 0 Å². The van der Waals surface area contributed by atoms with Crippen molar-refractivity contribution in [3.05, 3.63) is 59.7 Å². The average molecular weight is 319 g/mol. The highest BCUT2D eigenvalue weighted by Crippen LogP contribution is 2.38. The Hall–Kier alpha value is -1.48. The van der Waals surface area contributed by atoms with Gasteiger partial charge in [0.15, 0.2) is 0 Å². The molecule has 0 aliphatic carbocycles. The van der Waals surface area contributed by atoms with Crippen LogP contribution in [-0.2, 0) is 6.42 Å². The van der Waals surface area contributed by atoms with Crippen molar-refractivity contribution in [1.29, 1.82) is 0 Å². The molecule has 0 spiro atoms. The number of fused-ring (bicyclic) bond motifs is 1. The minimum absolute atomic E-state index is 0.0424. The van der Waals surface area contributed by atoms with E-state index < -0.39 is 0 Å². The molecule has 2 atom stereocenters. The molecule has 3 rings (SSSR count). The molecule has 0 unspecified atom stereocenters. The number of para-hydroxylation sites is 1. The fraction of sp³-hybridized carbons (Fsp3) is 0.250. The minimum Gasteiger partial charge on any atom is -0.497 e. The van der Waals surface area contributed by atoms with E-state index >= 15 is 0 Å². The maximum absolute atomic E-state index is 6.12. The number of hydrogen-bond donors (Lipinski definition) is 0. The second-order valence-electron chi connectivity index (χ2n) is 4.64. The molecule has 0 amide bonds. The fourth-order valence-electron chi connectivity index (χ4n) is 2.39. The quantitative estimate of drug-likeness (QED) is 0.775. The molecule has 1 aliphatic rings. The van der Waals surface area contributed by atoms with Gasteiger partial charge in [0.25, 0.3) is 0 Å². The molecule has 3 heteroatoms. The summed E-state index contributed by atoms with van der Waals surface area (Å²) >= 11 is 3.74. The van der Waals surface area contributed by atoms with Crippen LogP contribution in [0.4, 0.5) is 0 Å². The molecule has 2 nitrogen and oxygen atoms in total. The fourth-order valence-corrected chi connectivity index (χ4v) is 3.15. The van der Waals surface area contributed by atoms with Gasteiger partial charge in [-0.15, -0.1) is 0 Å². The Morgan fingerprint density at radius 3 is 2.58 bits per heavy atom. The third kappa shape index (κ3) is 2.47. The van der Waals surface area contributed by atoms with Crippen LogP contribution in [0, 0.1) is 0 Å². The molecular weight excluding hydrogens is 304 g/mol. The van der Waals surface area contributed by atoms with Gasteiger partial charge < -0.3 is 9.47 Å². The Morgan fingerprint density at radius 1 is 1.11 bits per heavy atom. The Kier molecular flexibility index (Phi) is 3.47. The lowest BCUT2D eigenvalue weighted by Gasteiger charge is -2.30. The highest BCUT2D eigenvalue weighted by atomic mass is 79.9. The summed E-state index contributed by atoms with van der Waals surface area (Å²) in [5.41, 5.74) is 2.42. The molecule has 98 valence electrons. The third-order valence-electron chi connectivity index (χ3n) is 3.41. The number of halogens is 1. The second-order valence-corrected chi connectivity index (χ2v) is 5.82. The normalized spacial score (nSPS) is 21.4. The van der Waals surface area contributed by atoms with Gasteiger partial charge >= 0.3 is 0 Å². The summed E-state index contributed by atoms with van der Waals surface area (Å²) in [4.78, 5) is 0.288. The molecule has 2 aromatic rings. The number of alkyl halides is 1. The van der Waals surface area contributed by atoms with Crippen molar-refractivity contribution in [2.75, 3.05) is 7.11 Å². The Balaban J connectivity index is 1.89. The maximum atomic E-state index is 6.12. The molecule has 1 heterocycles. The van der Waals surface area contributed by atoms with Crippen molar-refractivity contribution >= 4 is 15.9 Å². The van der Waals surface area contributed by atoms with Gasteiger partial charge in [0.05, 0.1) is 11.9 Å². The van der Waals surface area contributed by atoms with Crippen LogP contribution in [-0.4, -0.2) is 11.9 Å². The van der Waals surface area contributed by atoms with Crippen LogP contribution in [0.2, 0.25) is 0 Å². The molecule has 0 N–H and O–H groups in total. The number of hydrogen-bond acceptors (Lipinski definition) is 2. The number of ether oxygens (including phenoxy) is 2. The van der Waals surface area contributed by atoms with Crippen molar-refractivity contribution in [1.82, 2.24) is 0 Å². The second kappa shape index (κ2) is 5.25. The largest absolute Gasteiger partial charge is 0.497 e. The molecule has 0 radical (unpaired) electrons. The molecule has 0 saturated heterocycles. The van der Waals surface area contributed by atoms with Crippen LogP contribution in [0.3, 0.4) is 0 Å². The summed E-state index contributed by atoms with van der Waals surface area (Å²) in [6, 6.07) is 16.3. The molecule has 19 heavy (non-hydrogen) atoms. The Labute approximate surface area is 121 Å². The van der Waals surface area contributed by atoms with E-state index in [9.17, 15) is 0 Å². The van der Waals surface area contributed by atoms with E-state index in [-0.39, 0.29) is 10.9 Å². The van der Waals surface area contributed by atoms with Crippen LogP contribution >= 0.6 is 15.9 Å². The summed E-state index contributed by atoms with van der Waals surface area (Å²) in [6.45, 7) is 0. The van der Waals surface area contributed by atoms with E-state index in [1.165, 1.54) is 5.56 Å². The zero-order chi connectivity index (χ0) is 13.2. The van der Waals surface area contributed by atoms with Crippen molar-refractivity contribution in [2.45, 2.75) is 17.4 Å². The number of benzene rings is 2. The molecular formula is C16H15BrO2. The van der Waals surface area contributed by atoms with E-state index in [0.29, 0.717) is 0 Å². The number of rotatable bonds is 2. The van der Waals surface area contributed by atoms with Gasteiger partial charge in [-0.05, 0) is 35.7 Å². The molecule has 0 aromatic heterocycles. The average Bonchev–Trinajstić information content (AvgIpc) is 2.47. The Morgan fingerprint density at radius 2 is 1.84 bits per heavy atom.